The van der Waals surface area contributed by atoms with Gasteiger partial charge in [-0.3, -0.25) is 4.79 Å². The van der Waals surface area contributed by atoms with Gasteiger partial charge in [-0.15, -0.1) is 0 Å². The molecule has 1 atom stereocenters. The topological polar surface area (TPSA) is 115 Å². The summed E-state index contributed by atoms with van der Waals surface area (Å²) in [6, 6.07) is 3.88. The van der Waals surface area contributed by atoms with Crippen LogP contribution in [0.1, 0.15) is 18.9 Å². The van der Waals surface area contributed by atoms with E-state index in [4.69, 9.17) is 10.9 Å². The maximum Gasteiger partial charge on any atom is 0.241 e. The largest absolute Gasteiger partial charge is 0.324 e. The van der Waals surface area contributed by atoms with Crippen molar-refractivity contribution in [2.75, 3.05) is 5.32 Å². The van der Waals surface area contributed by atoms with Crippen LogP contribution in [-0.2, 0) is 14.8 Å². The van der Waals surface area contributed by atoms with Gasteiger partial charge in [0.25, 0.3) is 0 Å². The fourth-order valence-corrected chi connectivity index (χ4v) is 2.27. The van der Waals surface area contributed by atoms with Crippen LogP contribution in [0.3, 0.4) is 0 Å². The van der Waals surface area contributed by atoms with Crippen LogP contribution in [0.25, 0.3) is 0 Å². The zero-order valence-corrected chi connectivity index (χ0v) is 11.1. The van der Waals surface area contributed by atoms with Crippen LogP contribution < -0.4 is 16.2 Å². The number of carbonyl (C=O) groups is 1. The summed E-state index contributed by atoms with van der Waals surface area (Å²) in [5, 5.41) is 7.67. The van der Waals surface area contributed by atoms with E-state index in [1.165, 1.54) is 12.1 Å². The molecule has 100 valence electrons. The molecule has 0 aromatic heterocycles. The van der Waals surface area contributed by atoms with Crippen molar-refractivity contribution in [1.29, 1.82) is 0 Å². The number of primary sulfonamides is 1. The first-order valence-corrected chi connectivity index (χ1v) is 7.00. The third-order valence-corrected chi connectivity index (χ3v) is 3.68. The van der Waals surface area contributed by atoms with E-state index in [0.29, 0.717) is 17.7 Å². The minimum Gasteiger partial charge on any atom is -0.324 e. The molecule has 0 radical (unpaired) electrons. The Morgan fingerprint density at radius 1 is 1.44 bits per heavy atom. The van der Waals surface area contributed by atoms with Crippen LogP contribution in [0, 0.1) is 6.92 Å². The molecule has 0 aliphatic carbocycles. The van der Waals surface area contributed by atoms with Crippen molar-refractivity contribution in [3.8, 4) is 0 Å². The van der Waals surface area contributed by atoms with E-state index in [1.807, 2.05) is 0 Å². The Balaban J connectivity index is 3.10. The SMILES string of the molecule is CC[C@H](N)C(=O)Nc1cccc(S(N)(=O)=O)c1C. The second-order valence-corrected chi connectivity index (χ2v) is 5.51. The second kappa shape index (κ2) is 5.47. The van der Waals surface area contributed by atoms with Crippen LogP contribution in [0.4, 0.5) is 5.69 Å². The molecule has 1 amide bonds. The Morgan fingerprint density at radius 3 is 2.56 bits per heavy atom. The van der Waals surface area contributed by atoms with Gasteiger partial charge < -0.3 is 11.1 Å². The third-order valence-electron chi connectivity index (χ3n) is 2.63. The van der Waals surface area contributed by atoms with E-state index in [0.717, 1.165) is 0 Å². The van der Waals surface area contributed by atoms with E-state index >= 15 is 0 Å². The highest BCUT2D eigenvalue weighted by atomic mass is 32.2. The summed E-state index contributed by atoms with van der Waals surface area (Å²) in [7, 11) is -3.80. The number of hydrogen-bond donors (Lipinski definition) is 3. The average molecular weight is 271 g/mol. The first-order valence-electron chi connectivity index (χ1n) is 5.46. The summed E-state index contributed by atoms with van der Waals surface area (Å²) in [6.45, 7) is 3.37. The predicted octanol–water partition coefficient (Wildman–Crippen LogP) is 0.318. The van der Waals surface area contributed by atoms with Crippen LogP contribution in [0.5, 0.6) is 0 Å². The first-order chi connectivity index (χ1) is 8.27. The van der Waals surface area contributed by atoms with E-state index in [-0.39, 0.29) is 10.8 Å². The summed E-state index contributed by atoms with van der Waals surface area (Å²) >= 11 is 0. The summed E-state index contributed by atoms with van der Waals surface area (Å²) in [6.07, 6.45) is 0.500. The standard InChI is InChI=1S/C11H17N3O3S/c1-3-8(12)11(15)14-9-5-4-6-10(7(9)2)18(13,16)17/h4-6,8H,3,12H2,1-2H3,(H,14,15)(H2,13,16,17)/t8-/m0/s1. The van der Waals surface area contributed by atoms with Crippen molar-refractivity contribution in [3.05, 3.63) is 23.8 Å². The monoisotopic (exact) mass is 271 g/mol. The van der Waals surface area contributed by atoms with Gasteiger partial charge in [0, 0.05) is 5.69 Å². The van der Waals surface area contributed by atoms with Crippen LogP contribution in [0.15, 0.2) is 23.1 Å². The summed E-state index contributed by atoms with van der Waals surface area (Å²) in [4.78, 5) is 11.6. The van der Waals surface area contributed by atoms with E-state index < -0.39 is 16.1 Å². The highest BCUT2D eigenvalue weighted by Gasteiger charge is 2.16. The van der Waals surface area contributed by atoms with Gasteiger partial charge in [-0.2, -0.15) is 0 Å². The number of nitrogens with one attached hydrogen (secondary N) is 1. The van der Waals surface area contributed by atoms with Crippen molar-refractivity contribution < 1.29 is 13.2 Å². The average Bonchev–Trinajstić information content (AvgIpc) is 2.29. The molecular formula is C11H17N3O3S. The first kappa shape index (κ1) is 14.6. The lowest BCUT2D eigenvalue weighted by Crippen LogP contribution is -2.35. The zero-order valence-electron chi connectivity index (χ0n) is 10.3. The molecule has 1 aromatic rings. The van der Waals surface area contributed by atoms with Gasteiger partial charge in [-0.1, -0.05) is 13.0 Å². The molecular weight excluding hydrogens is 254 g/mol. The maximum atomic E-state index is 11.6. The van der Waals surface area contributed by atoms with Crippen LogP contribution >= 0.6 is 0 Å². The van der Waals surface area contributed by atoms with Crippen molar-refractivity contribution >= 4 is 21.6 Å². The number of amides is 1. The Labute approximate surface area is 106 Å². The Morgan fingerprint density at radius 2 is 2.06 bits per heavy atom. The van der Waals surface area contributed by atoms with Gasteiger partial charge in [-0.25, -0.2) is 13.6 Å². The molecule has 0 heterocycles. The predicted molar refractivity (Wildman–Crippen MR) is 69.4 cm³/mol. The molecule has 0 aliphatic rings. The normalized spacial score (nSPS) is 13.1. The summed E-state index contributed by atoms with van der Waals surface area (Å²) in [5.74, 6) is -0.354. The van der Waals surface area contributed by atoms with Crippen molar-refractivity contribution in [1.82, 2.24) is 0 Å². The molecule has 18 heavy (non-hydrogen) atoms. The molecule has 7 heteroatoms. The molecule has 1 rings (SSSR count). The fourth-order valence-electron chi connectivity index (χ4n) is 1.47. The number of nitrogens with two attached hydrogens (primary N) is 2. The van der Waals surface area contributed by atoms with Crippen LogP contribution in [-0.4, -0.2) is 20.4 Å². The molecule has 0 saturated carbocycles. The fraction of sp³-hybridized carbons (Fsp3) is 0.364. The molecule has 6 nitrogen and oxygen atoms in total. The summed E-state index contributed by atoms with van der Waals surface area (Å²) < 4.78 is 22.6. The smallest absolute Gasteiger partial charge is 0.241 e. The van der Waals surface area contributed by atoms with Crippen molar-refractivity contribution in [2.24, 2.45) is 10.9 Å². The molecule has 0 saturated heterocycles. The minimum atomic E-state index is -3.80. The van der Waals surface area contributed by atoms with Gasteiger partial charge >= 0.3 is 0 Å². The van der Waals surface area contributed by atoms with Gasteiger partial charge in [0.1, 0.15) is 0 Å². The lowest BCUT2D eigenvalue weighted by atomic mass is 10.1. The quantitative estimate of drug-likeness (QED) is 0.731. The number of rotatable bonds is 4. The van der Waals surface area contributed by atoms with Gasteiger partial charge in [-0.05, 0) is 31.0 Å². The molecule has 0 unspecified atom stereocenters. The number of hydrogen-bond acceptors (Lipinski definition) is 4. The molecule has 1 aromatic carbocycles. The maximum absolute atomic E-state index is 11.6. The Kier molecular flexibility index (Phi) is 4.44. The Hall–Kier alpha value is -1.44. The number of anilines is 1. The molecule has 5 N–H and O–H groups in total. The number of sulfonamides is 1. The summed E-state index contributed by atoms with van der Waals surface area (Å²) in [5.41, 5.74) is 6.38. The van der Waals surface area contributed by atoms with Crippen LogP contribution in [0.2, 0.25) is 0 Å². The molecule has 0 aliphatic heterocycles. The highest BCUT2D eigenvalue weighted by Crippen LogP contribution is 2.22. The lowest BCUT2D eigenvalue weighted by Gasteiger charge is -2.13. The van der Waals surface area contributed by atoms with E-state index in [2.05, 4.69) is 5.32 Å². The second-order valence-electron chi connectivity index (χ2n) is 3.98. The minimum absolute atomic E-state index is 0.00892. The third kappa shape index (κ3) is 3.28. The van der Waals surface area contributed by atoms with Crippen molar-refractivity contribution in [2.45, 2.75) is 31.2 Å². The molecule has 0 bridgehead atoms. The van der Waals surface area contributed by atoms with Crippen molar-refractivity contribution in [3.63, 3.8) is 0 Å². The van der Waals surface area contributed by atoms with Gasteiger partial charge in [0.2, 0.25) is 15.9 Å². The number of benzene rings is 1. The van der Waals surface area contributed by atoms with E-state index in [1.54, 1.807) is 19.9 Å². The van der Waals surface area contributed by atoms with E-state index in [9.17, 15) is 13.2 Å². The van der Waals surface area contributed by atoms with Gasteiger partial charge in [0.05, 0.1) is 10.9 Å². The van der Waals surface area contributed by atoms with Gasteiger partial charge in [0.15, 0.2) is 0 Å². The molecule has 0 spiro atoms. The Bertz CT molecular complexity index is 555. The molecule has 0 fully saturated rings. The highest BCUT2D eigenvalue weighted by molar-refractivity contribution is 7.89. The zero-order chi connectivity index (χ0) is 13.9. The lowest BCUT2D eigenvalue weighted by molar-refractivity contribution is -0.117. The number of carbonyl (C=O) groups excluding carboxylic acids is 1.